The van der Waals surface area contributed by atoms with Crippen LogP contribution >= 0.6 is 0 Å². The molecule has 2 heterocycles. The Labute approximate surface area is 179 Å². The molecule has 3 aromatic rings. The van der Waals surface area contributed by atoms with E-state index in [4.69, 9.17) is 9.26 Å². The van der Waals surface area contributed by atoms with Crippen LogP contribution in [0.15, 0.2) is 53.1 Å². The summed E-state index contributed by atoms with van der Waals surface area (Å²) in [5, 5.41) is 3.95. The molecule has 0 saturated carbocycles. The lowest BCUT2D eigenvalue weighted by Gasteiger charge is -2.36. The molecule has 0 aliphatic carbocycles. The van der Waals surface area contributed by atoms with Crippen LogP contribution in [0.2, 0.25) is 0 Å². The molecule has 0 amide bonds. The summed E-state index contributed by atoms with van der Waals surface area (Å²) in [7, 11) is 0. The fourth-order valence-corrected chi connectivity index (χ4v) is 3.61. The number of halogens is 2. The molecule has 1 aliphatic rings. The predicted octanol–water partition coefficient (Wildman–Crippen LogP) is 4.06. The molecule has 0 spiro atoms. The van der Waals surface area contributed by atoms with Gasteiger partial charge in [-0.25, -0.2) is 0 Å². The molecule has 1 aromatic heterocycles. The Hall–Kier alpha value is -3.20. The maximum Gasteiger partial charge on any atom is 0.387 e. The van der Waals surface area contributed by atoms with Crippen LogP contribution in [-0.4, -0.2) is 54.4 Å². The van der Waals surface area contributed by atoms with Gasteiger partial charge < -0.3 is 18.9 Å². The molecule has 1 saturated heterocycles. The highest BCUT2D eigenvalue weighted by atomic mass is 19.3. The molecule has 0 unspecified atom stereocenters. The third-order valence-electron chi connectivity index (χ3n) is 5.05. The monoisotopic (exact) mass is 430 g/mol. The minimum absolute atomic E-state index is 0.0198. The Bertz CT molecular complexity index is 990. The molecule has 0 radical (unpaired) electrons. The molecule has 0 N–H and O–H groups in total. The molecular formula is C22H24F2N4O3. The summed E-state index contributed by atoms with van der Waals surface area (Å²) in [6, 6.07) is 14.5. The Morgan fingerprint density at radius 3 is 2.45 bits per heavy atom. The fraction of sp³-hybridized carbons (Fsp3) is 0.364. The highest BCUT2D eigenvalue weighted by molar-refractivity contribution is 5.63. The first kappa shape index (κ1) is 21.0. The zero-order valence-corrected chi connectivity index (χ0v) is 17.2. The van der Waals surface area contributed by atoms with Crippen LogP contribution in [0.25, 0.3) is 11.4 Å². The zero-order valence-electron chi connectivity index (χ0n) is 17.2. The Morgan fingerprint density at radius 2 is 1.71 bits per heavy atom. The minimum atomic E-state index is -2.92. The first-order valence-corrected chi connectivity index (χ1v) is 10.2. The Balaban J connectivity index is 1.38. The molecule has 164 valence electrons. The van der Waals surface area contributed by atoms with Crippen molar-refractivity contribution < 1.29 is 22.8 Å². The maximum absolute atomic E-state index is 12.6. The van der Waals surface area contributed by atoms with Gasteiger partial charge in [0.1, 0.15) is 11.5 Å². The van der Waals surface area contributed by atoms with Gasteiger partial charge >= 0.3 is 6.61 Å². The second-order valence-electron chi connectivity index (χ2n) is 7.05. The fourth-order valence-electron chi connectivity index (χ4n) is 3.61. The molecule has 9 heteroatoms. The van der Waals surface area contributed by atoms with E-state index in [1.54, 1.807) is 18.2 Å². The van der Waals surface area contributed by atoms with Crippen molar-refractivity contribution in [3.05, 3.63) is 54.4 Å². The van der Waals surface area contributed by atoms with Crippen molar-refractivity contribution in [1.82, 2.24) is 15.0 Å². The average molecular weight is 430 g/mol. The normalized spacial score (nSPS) is 14.8. The highest BCUT2D eigenvalue weighted by Crippen LogP contribution is 2.30. The summed E-state index contributed by atoms with van der Waals surface area (Å²) >= 11 is 0. The van der Waals surface area contributed by atoms with Gasteiger partial charge in [0, 0.05) is 26.2 Å². The van der Waals surface area contributed by atoms with Crippen LogP contribution in [0.5, 0.6) is 11.5 Å². The number of aromatic nitrogens is 2. The van der Waals surface area contributed by atoms with E-state index in [1.165, 1.54) is 6.07 Å². The lowest BCUT2D eigenvalue weighted by atomic mass is 10.2. The van der Waals surface area contributed by atoms with Crippen LogP contribution in [0.3, 0.4) is 0 Å². The van der Waals surface area contributed by atoms with E-state index in [1.807, 2.05) is 25.1 Å². The van der Waals surface area contributed by atoms with Gasteiger partial charge in [0.2, 0.25) is 11.7 Å². The van der Waals surface area contributed by atoms with Crippen molar-refractivity contribution in [2.24, 2.45) is 0 Å². The zero-order chi connectivity index (χ0) is 21.6. The van der Waals surface area contributed by atoms with Gasteiger partial charge in [-0.3, -0.25) is 4.90 Å². The van der Waals surface area contributed by atoms with Crippen LogP contribution in [0, 0.1) is 0 Å². The maximum atomic E-state index is 12.6. The largest absolute Gasteiger partial charge is 0.492 e. The second kappa shape index (κ2) is 9.74. The SMILES string of the molecule is CCOc1ccccc1N1CCN(Cc2nc(-c3ccccc3OC(F)F)no2)CC1. The number of hydrogen-bond acceptors (Lipinski definition) is 7. The van der Waals surface area contributed by atoms with Crippen molar-refractivity contribution in [3.63, 3.8) is 0 Å². The lowest BCUT2D eigenvalue weighted by Crippen LogP contribution is -2.46. The second-order valence-corrected chi connectivity index (χ2v) is 7.05. The summed E-state index contributed by atoms with van der Waals surface area (Å²) in [6.07, 6.45) is 0. The number of anilines is 1. The van der Waals surface area contributed by atoms with Crippen molar-refractivity contribution in [2.75, 3.05) is 37.7 Å². The average Bonchev–Trinajstić information content (AvgIpc) is 3.23. The minimum Gasteiger partial charge on any atom is -0.492 e. The molecule has 1 fully saturated rings. The van der Waals surface area contributed by atoms with E-state index in [2.05, 4.69) is 30.7 Å². The van der Waals surface area contributed by atoms with Crippen LogP contribution in [0.1, 0.15) is 12.8 Å². The van der Waals surface area contributed by atoms with Gasteiger partial charge in [-0.05, 0) is 31.2 Å². The molecule has 7 nitrogen and oxygen atoms in total. The first-order chi connectivity index (χ1) is 15.1. The number of para-hydroxylation sites is 3. The molecular weight excluding hydrogens is 406 g/mol. The molecule has 4 rings (SSSR count). The van der Waals surface area contributed by atoms with Gasteiger partial charge in [0.05, 0.1) is 24.4 Å². The standard InChI is InChI=1S/C22H24F2N4O3/c1-2-29-19-10-6-4-8-17(19)28-13-11-27(12-14-28)15-20-25-21(26-31-20)16-7-3-5-9-18(16)30-22(23)24/h3-10,22H,2,11-15H2,1H3. The summed E-state index contributed by atoms with van der Waals surface area (Å²) in [5.74, 6) is 1.58. The number of rotatable bonds is 8. The van der Waals surface area contributed by atoms with E-state index in [0.717, 1.165) is 37.6 Å². The van der Waals surface area contributed by atoms with E-state index in [-0.39, 0.29) is 11.6 Å². The smallest absolute Gasteiger partial charge is 0.387 e. The van der Waals surface area contributed by atoms with Crippen LogP contribution < -0.4 is 14.4 Å². The van der Waals surface area contributed by atoms with Gasteiger partial charge in [-0.1, -0.05) is 29.4 Å². The Kier molecular flexibility index (Phi) is 6.61. The van der Waals surface area contributed by atoms with Crippen LogP contribution in [0.4, 0.5) is 14.5 Å². The molecule has 31 heavy (non-hydrogen) atoms. The number of alkyl halides is 2. The van der Waals surface area contributed by atoms with Gasteiger partial charge in [-0.15, -0.1) is 0 Å². The highest BCUT2D eigenvalue weighted by Gasteiger charge is 2.22. The Morgan fingerprint density at radius 1 is 1.00 bits per heavy atom. The number of ether oxygens (including phenoxy) is 2. The topological polar surface area (TPSA) is 63.9 Å². The third-order valence-corrected chi connectivity index (χ3v) is 5.05. The third kappa shape index (κ3) is 5.11. The quantitative estimate of drug-likeness (QED) is 0.534. The van der Waals surface area contributed by atoms with Gasteiger partial charge in [0.15, 0.2) is 0 Å². The molecule has 2 aromatic carbocycles. The summed E-state index contributed by atoms with van der Waals surface area (Å²) in [5.41, 5.74) is 1.47. The predicted molar refractivity (Wildman–Crippen MR) is 111 cm³/mol. The molecule has 0 atom stereocenters. The van der Waals surface area contributed by atoms with Crippen molar-refractivity contribution in [2.45, 2.75) is 20.1 Å². The summed E-state index contributed by atoms with van der Waals surface area (Å²) in [6.45, 7) is 3.51. The van der Waals surface area contributed by atoms with Crippen molar-refractivity contribution in [3.8, 4) is 22.9 Å². The van der Waals surface area contributed by atoms with E-state index in [0.29, 0.717) is 24.6 Å². The lowest BCUT2D eigenvalue weighted by molar-refractivity contribution is -0.0494. The van der Waals surface area contributed by atoms with E-state index in [9.17, 15) is 8.78 Å². The summed E-state index contributed by atoms with van der Waals surface area (Å²) < 4.78 is 41.0. The van der Waals surface area contributed by atoms with Crippen LogP contribution in [-0.2, 0) is 6.54 Å². The van der Waals surface area contributed by atoms with Crippen molar-refractivity contribution >= 4 is 5.69 Å². The van der Waals surface area contributed by atoms with Gasteiger partial charge in [-0.2, -0.15) is 13.8 Å². The van der Waals surface area contributed by atoms with E-state index < -0.39 is 6.61 Å². The number of nitrogens with zero attached hydrogens (tertiary/aromatic N) is 4. The van der Waals surface area contributed by atoms with E-state index >= 15 is 0 Å². The van der Waals surface area contributed by atoms with Crippen molar-refractivity contribution in [1.29, 1.82) is 0 Å². The number of piperazine rings is 1. The molecule has 0 bridgehead atoms. The first-order valence-electron chi connectivity index (χ1n) is 10.2. The van der Waals surface area contributed by atoms with Gasteiger partial charge in [0.25, 0.3) is 0 Å². The number of benzene rings is 2. The summed E-state index contributed by atoms with van der Waals surface area (Å²) in [4.78, 5) is 8.91. The molecule has 1 aliphatic heterocycles. The number of hydrogen-bond donors (Lipinski definition) is 0.